The Morgan fingerprint density at radius 2 is 2.00 bits per heavy atom. The van der Waals surface area contributed by atoms with Gasteiger partial charge in [-0.2, -0.15) is 0 Å². The summed E-state index contributed by atoms with van der Waals surface area (Å²) in [5, 5.41) is 3.45. The van der Waals surface area contributed by atoms with Gasteiger partial charge in [-0.3, -0.25) is 15.1 Å². The molecule has 20 heavy (non-hydrogen) atoms. The van der Waals surface area contributed by atoms with Crippen LogP contribution in [0.3, 0.4) is 0 Å². The van der Waals surface area contributed by atoms with Crippen LogP contribution in [0.25, 0.3) is 0 Å². The highest BCUT2D eigenvalue weighted by Crippen LogP contribution is 2.26. The van der Waals surface area contributed by atoms with Gasteiger partial charge < -0.3 is 0 Å². The number of thiazole rings is 1. The average molecular weight is 311 g/mol. The first-order valence-corrected chi connectivity index (χ1v) is 7.23. The van der Waals surface area contributed by atoms with Crippen LogP contribution in [0.2, 0.25) is 5.15 Å². The number of aromatic nitrogens is 3. The molecule has 2 rings (SSSR count). The van der Waals surface area contributed by atoms with Crippen LogP contribution in [0.15, 0.2) is 12.4 Å². The first-order chi connectivity index (χ1) is 9.27. The molecule has 2 aromatic heterocycles. The van der Waals surface area contributed by atoms with E-state index in [0.717, 1.165) is 4.88 Å². The van der Waals surface area contributed by atoms with Crippen molar-refractivity contribution in [3.8, 4) is 0 Å². The molecule has 2 heterocycles. The molecule has 0 radical (unpaired) electrons. The Hall–Kier alpha value is -1.53. The van der Waals surface area contributed by atoms with Crippen LogP contribution < -0.4 is 5.32 Å². The molecule has 0 fully saturated rings. The van der Waals surface area contributed by atoms with Gasteiger partial charge >= 0.3 is 0 Å². The summed E-state index contributed by atoms with van der Waals surface area (Å²) in [7, 11) is 0. The molecule has 1 amide bonds. The van der Waals surface area contributed by atoms with Crippen LogP contribution in [-0.2, 0) is 5.41 Å². The van der Waals surface area contributed by atoms with E-state index in [0.29, 0.717) is 10.8 Å². The fourth-order valence-electron chi connectivity index (χ4n) is 1.55. The Labute approximate surface area is 126 Å². The summed E-state index contributed by atoms with van der Waals surface area (Å²) in [5.41, 5.74) is 0.627. The minimum atomic E-state index is -0.366. The third-order valence-electron chi connectivity index (χ3n) is 2.51. The molecule has 0 saturated heterocycles. The number of carbonyl (C=O) groups excluding carboxylic acids is 1. The zero-order valence-corrected chi connectivity index (χ0v) is 13.3. The third kappa shape index (κ3) is 3.32. The van der Waals surface area contributed by atoms with Crippen molar-refractivity contribution in [3.63, 3.8) is 0 Å². The van der Waals surface area contributed by atoms with Crippen LogP contribution in [-0.4, -0.2) is 20.9 Å². The van der Waals surface area contributed by atoms with Gasteiger partial charge in [-0.25, -0.2) is 9.97 Å². The molecule has 7 heteroatoms. The number of aryl methyl sites for hydroxylation is 1. The predicted octanol–water partition coefficient (Wildman–Crippen LogP) is 3.44. The second-order valence-electron chi connectivity index (χ2n) is 5.37. The van der Waals surface area contributed by atoms with E-state index in [9.17, 15) is 4.79 Å². The van der Waals surface area contributed by atoms with Crippen molar-refractivity contribution in [1.29, 1.82) is 0 Å². The highest BCUT2D eigenvalue weighted by atomic mass is 35.5. The normalized spacial score (nSPS) is 11.4. The standard InChI is InChI=1S/C13H15ClN4OS/c1-7-5-16-12(20-7)18-11(19)8-6-15-9(10(14)17-8)13(2,3)4/h5-6H,1-4H3,(H,16,18,19). The van der Waals surface area contributed by atoms with Crippen LogP contribution in [0, 0.1) is 6.92 Å². The minimum Gasteiger partial charge on any atom is -0.296 e. The maximum atomic E-state index is 12.0. The van der Waals surface area contributed by atoms with Gasteiger partial charge in [-0.05, 0) is 6.92 Å². The molecule has 0 saturated carbocycles. The van der Waals surface area contributed by atoms with Crippen molar-refractivity contribution < 1.29 is 4.79 Å². The smallest absolute Gasteiger partial charge is 0.277 e. The molecule has 106 valence electrons. The van der Waals surface area contributed by atoms with E-state index in [1.165, 1.54) is 17.5 Å². The van der Waals surface area contributed by atoms with Crippen molar-refractivity contribution in [3.05, 3.63) is 33.8 Å². The maximum absolute atomic E-state index is 12.0. The molecule has 0 aromatic carbocycles. The minimum absolute atomic E-state index is 0.177. The van der Waals surface area contributed by atoms with E-state index in [1.54, 1.807) is 6.20 Å². The Morgan fingerprint density at radius 3 is 2.50 bits per heavy atom. The molecule has 0 bridgehead atoms. The molecule has 0 spiro atoms. The van der Waals surface area contributed by atoms with Gasteiger partial charge in [0.2, 0.25) is 0 Å². The monoisotopic (exact) mass is 310 g/mol. The first kappa shape index (κ1) is 14.9. The van der Waals surface area contributed by atoms with Gasteiger partial charge in [-0.15, -0.1) is 11.3 Å². The molecule has 1 N–H and O–H groups in total. The summed E-state index contributed by atoms with van der Waals surface area (Å²) in [6, 6.07) is 0. The molecule has 0 atom stereocenters. The van der Waals surface area contributed by atoms with Gasteiger partial charge in [0.05, 0.1) is 11.9 Å². The summed E-state index contributed by atoms with van der Waals surface area (Å²) in [6.45, 7) is 7.88. The van der Waals surface area contributed by atoms with Crippen molar-refractivity contribution >= 4 is 34.0 Å². The second-order valence-corrected chi connectivity index (χ2v) is 6.97. The number of nitrogens with zero attached hydrogens (tertiary/aromatic N) is 3. The third-order valence-corrected chi connectivity index (χ3v) is 3.61. The van der Waals surface area contributed by atoms with E-state index in [-0.39, 0.29) is 22.2 Å². The Kier molecular flexibility index (Phi) is 4.06. The number of halogens is 1. The number of rotatable bonds is 2. The average Bonchev–Trinajstić information content (AvgIpc) is 2.73. The lowest BCUT2D eigenvalue weighted by Crippen LogP contribution is -2.19. The highest BCUT2D eigenvalue weighted by Gasteiger charge is 2.22. The Morgan fingerprint density at radius 1 is 1.30 bits per heavy atom. The van der Waals surface area contributed by atoms with Gasteiger partial charge in [0.25, 0.3) is 5.91 Å². The van der Waals surface area contributed by atoms with E-state index in [1.807, 2.05) is 27.7 Å². The summed E-state index contributed by atoms with van der Waals surface area (Å²) >= 11 is 7.50. The number of hydrogen-bond acceptors (Lipinski definition) is 5. The Balaban J connectivity index is 2.21. The molecule has 2 aromatic rings. The largest absolute Gasteiger partial charge is 0.296 e. The van der Waals surface area contributed by atoms with E-state index in [4.69, 9.17) is 11.6 Å². The van der Waals surface area contributed by atoms with Gasteiger partial charge in [0.15, 0.2) is 10.3 Å². The SMILES string of the molecule is Cc1cnc(NC(=O)c2cnc(C(C)(C)C)c(Cl)n2)s1. The lowest BCUT2D eigenvalue weighted by molar-refractivity contribution is 0.102. The molecular weight excluding hydrogens is 296 g/mol. The summed E-state index contributed by atoms with van der Waals surface area (Å²) in [4.78, 5) is 25.5. The zero-order valence-electron chi connectivity index (χ0n) is 11.7. The van der Waals surface area contributed by atoms with Crippen molar-refractivity contribution in [2.75, 3.05) is 5.32 Å². The molecule has 0 aliphatic heterocycles. The molecule has 0 aliphatic rings. The number of amides is 1. The molecule has 0 aliphatic carbocycles. The van der Waals surface area contributed by atoms with Crippen LogP contribution >= 0.6 is 22.9 Å². The highest BCUT2D eigenvalue weighted by molar-refractivity contribution is 7.15. The van der Waals surface area contributed by atoms with Crippen LogP contribution in [0.1, 0.15) is 41.8 Å². The molecule has 5 nitrogen and oxygen atoms in total. The molecule has 0 unspecified atom stereocenters. The van der Waals surface area contributed by atoms with Crippen molar-refractivity contribution in [1.82, 2.24) is 15.0 Å². The molecular formula is C13H15ClN4OS. The number of carbonyl (C=O) groups is 1. The van der Waals surface area contributed by atoms with E-state index >= 15 is 0 Å². The topological polar surface area (TPSA) is 67.8 Å². The zero-order chi connectivity index (χ0) is 14.9. The predicted molar refractivity (Wildman–Crippen MR) is 80.5 cm³/mol. The van der Waals surface area contributed by atoms with Gasteiger partial charge in [0, 0.05) is 16.5 Å². The number of anilines is 1. The lowest BCUT2D eigenvalue weighted by Gasteiger charge is -2.18. The van der Waals surface area contributed by atoms with Crippen molar-refractivity contribution in [2.24, 2.45) is 0 Å². The van der Waals surface area contributed by atoms with Crippen LogP contribution in [0.5, 0.6) is 0 Å². The van der Waals surface area contributed by atoms with E-state index in [2.05, 4.69) is 20.3 Å². The maximum Gasteiger partial charge on any atom is 0.277 e. The Bertz CT molecular complexity index is 648. The van der Waals surface area contributed by atoms with E-state index < -0.39 is 0 Å². The fraction of sp³-hybridized carbons (Fsp3) is 0.385. The number of nitrogens with one attached hydrogen (secondary N) is 1. The van der Waals surface area contributed by atoms with Crippen molar-refractivity contribution in [2.45, 2.75) is 33.1 Å². The summed E-state index contributed by atoms with van der Waals surface area (Å²) in [6.07, 6.45) is 3.13. The summed E-state index contributed by atoms with van der Waals surface area (Å²) < 4.78 is 0. The fourth-order valence-corrected chi connectivity index (χ4v) is 2.64. The quantitative estimate of drug-likeness (QED) is 0.922. The van der Waals surface area contributed by atoms with Gasteiger partial charge in [-0.1, -0.05) is 32.4 Å². The lowest BCUT2D eigenvalue weighted by atomic mass is 9.92. The van der Waals surface area contributed by atoms with Gasteiger partial charge in [0.1, 0.15) is 5.69 Å². The summed E-state index contributed by atoms with van der Waals surface area (Å²) in [5.74, 6) is -0.366. The van der Waals surface area contributed by atoms with Crippen LogP contribution in [0.4, 0.5) is 5.13 Å². The second kappa shape index (κ2) is 5.46. The number of hydrogen-bond donors (Lipinski definition) is 1. The first-order valence-electron chi connectivity index (χ1n) is 6.04.